The summed E-state index contributed by atoms with van der Waals surface area (Å²) in [6.07, 6.45) is 1.34. The van der Waals surface area contributed by atoms with Crippen LogP contribution in [0.4, 0.5) is 0 Å². The van der Waals surface area contributed by atoms with E-state index in [-0.39, 0.29) is 9.75 Å². The molecule has 0 aliphatic carbocycles. The lowest BCUT2D eigenvalue weighted by Gasteiger charge is -1.74. The lowest BCUT2D eigenvalue weighted by atomic mass is 10.5. The van der Waals surface area contributed by atoms with Gasteiger partial charge in [0.25, 0.3) is 0 Å². The minimum Gasteiger partial charge on any atom is -0.409 e. The Bertz CT molecular complexity index is 484. The molecule has 0 saturated heterocycles. The summed E-state index contributed by atoms with van der Waals surface area (Å²) in [4.78, 5) is 21.6. The number of hydrogen-bond donors (Lipinski definition) is 0. The molecule has 56 valence electrons. The largest absolute Gasteiger partial charge is 0.409 e. The van der Waals surface area contributed by atoms with Crippen molar-refractivity contribution in [3.8, 4) is 0 Å². The van der Waals surface area contributed by atoms with Crippen molar-refractivity contribution in [2.75, 3.05) is 0 Å². The molecule has 0 spiro atoms. The molecule has 2 rings (SSSR count). The molecule has 11 heavy (non-hydrogen) atoms. The second-order valence-electron chi connectivity index (χ2n) is 1.90. The van der Waals surface area contributed by atoms with E-state index in [0.717, 1.165) is 11.6 Å². The molecule has 2 heterocycles. The topological polar surface area (TPSA) is 60.4 Å². The first kappa shape index (κ1) is 6.36. The summed E-state index contributed by atoms with van der Waals surface area (Å²) in [5, 5.41) is 0.284. The van der Waals surface area contributed by atoms with E-state index in [0.29, 0.717) is 0 Å². The second kappa shape index (κ2) is 2.06. The van der Waals surface area contributed by atoms with E-state index in [4.69, 9.17) is 3.85 Å². The molecule has 0 fully saturated rings. The molecule has 0 amide bonds. The third-order valence-electron chi connectivity index (χ3n) is 1.26. The smallest absolute Gasteiger partial charge is 0.360 e. The first-order valence-electron chi connectivity index (χ1n) is 2.79. The maximum atomic E-state index is 10.8. The van der Waals surface area contributed by atoms with Gasteiger partial charge < -0.3 is 8.27 Å². The highest BCUT2D eigenvalue weighted by Crippen LogP contribution is 1.97. The minimum absolute atomic E-state index is 0.234. The van der Waals surface area contributed by atoms with Crippen LogP contribution >= 0.6 is 11.6 Å². The van der Waals surface area contributed by atoms with E-state index in [1.807, 2.05) is 0 Å². The quantitative estimate of drug-likeness (QED) is 0.573. The van der Waals surface area contributed by atoms with Crippen molar-refractivity contribution in [1.29, 1.82) is 0 Å². The Morgan fingerprint density at radius 3 is 2.82 bits per heavy atom. The van der Waals surface area contributed by atoms with Gasteiger partial charge in [0.15, 0.2) is 4.53 Å². The van der Waals surface area contributed by atoms with E-state index in [9.17, 15) is 9.59 Å². The molecule has 0 saturated carbocycles. The maximum Gasteiger partial charge on any atom is 0.360 e. The van der Waals surface area contributed by atoms with Crippen LogP contribution in [0.2, 0.25) is 0 Å². The van der Waals surface area contributed by atoms with E-state index >= 15 is 0 Å². The summed E-state index contributed by atoms with van der Waals surface area (Å²) in [6, 6.07) is 1.42. The highest BCUT2D eigenvalue weighted by Gasteiger charge is 2.03. The van der Waals surface area contributed by atoms with Gasteiger partial charge in [-0.25, -0.2) is 9.59 Å². The Morgan fingerprint density at radius 1 is 1.27 bits per heavy atom. The summed E-state index contributed by atoms with van der Waals surface area (Å²) in [5.41, 5.74) is -1.23. The van der Waals surface area contributed by atoms with Crippen LogP contribution in [-0.4, -0.2) is 0 Å². The van der Waals surface area contributed by atoms with Crippen molar-refractivity contribution in [3.63, 3.8) is 0 Å². The van der Waals surface area contributed by atoms with Gasteiger partial charge in [-0.1, -0.05) is 0 Å². The summed E-state index contributed by atoms with van der Waals surface area (Å²) >= 11 is 0.843. The summed E-state index contributed by atoms with van der Waals surface area (Å²) in [6.45, 7) is 0. The molecule has 0 radical (unpaired) electrons. The van der Waals surface area contributed by atoms with Gasteiger partial charge in [-0.15, -0.1) is 0 Å². The Morgan fingerprint density at radius 2 is 2.09 bits per heavy atom. The van der Waals surface area contributed by atoms with Crippen LogP contribution in [0.15, 0.2) is 30.2 Å². The highest BCUT2D eigenvalue weighted by atomic mass is 32.1. The van der Waals surface area contributed by atoms with Gasteiger partial charge >= 0.3 is 11.3 Å². The van der Waals surface area contributed by atoms with Gasteiger partial charge in [0.1, 0.15) is 6.26 Å². The standard InChI is InChI=1S/C6H2O4S/c7-5-3-1-2-9-11-4(3)6(8)10-5/h1-2H. The zero-order chi connectivity index (χ0) is 7.84. The lowest BCUT2D eigenvalue weighted by Crippen LogP contribution is -1.96. The summed E-state index contributed by atoms with van der Waals surface area (Å²) in [7, 11) is 0. The Labute approximate surface area is 63.6 Å². The molecule has 2 aliphatic heterocycles. The fraction of sp³-hybridized carbons (Fsp3) is 0. The van der Waals surface area contributed by atoms with Crippen molar-refractivity contribution in [3.05, 3.63) is 42.9 Å². The summed E-state index contributed by atoms with van der Waals surface area (Å²) < 4.78 is 9.27. The van der Waals surface area contributed by atoms with Gasteiger partial charge in [-0.3, -0.25) is 0 Å². The fourth-order valence-electron chi connectivity index (χ4n) is 0.783. The van der Waals surface area contributed by atoms with Crippen molar-refractivity contribution < 1.29 is 8.27 Å². The molecule has 0 N–H and O–H groups in total. The second-order valence-corrected chi connectivity index (χ2v) is 2.67. The predicted octanol–water partition coefficient (Wildman–Crippen LogP) is 0.379. The van der Waals surface area contributed by atoms with E-state index < -0.39 is 11.3 Å². The molecule has 0 bridgehead atoms. The van der Waals surface area contributed by atoms with Gasteiger partial charge in [-0.05, 0) is 6.07 Å². The normalized spacial score (nSPS) is 10.5. The maximum absolute atomic E-state index is 10.8. The van der Waals surface area contributed by atoms with Gasteiger partial charge in [0, 0.05) is 0 Å². The molecule has 0 aromatic rings. The molecule has 0 atom stereocenters. The van der Waals surface area contributed by atoms with Gasteiger partial charge in [0.2, 0.25) is 0 Å². The van der Waals surface area contributed by atoms with Crippen LogP contribution in [0.3, 0.4) is 0 Å². The third-order valence-corrected chi connectivity index (χ3v) is 2.02. The molecule has 5 heteroatoms. The first-order valence-corrected chi connectivity index (χ1v) is 3.54. The Balaban J connectivity index is 3.33. The van der Waals surface area contributed by atoms with Crippen LogP contribution in [0.5, 0.6) is 0 Å². The molecule has 2 aliphatic rings. The van der Waals surface area contributed by atoms with Crippen LogP contribution in [0.25, 0.3) is 0 Å². The zero-order valence-corrected chi connectivity index (χ0v) is 6.01. The Hall–Kier alpha value is -1.36. The fourth-order valence-corrected chi connectivity index (χ4v) is 1.34. The zero-order valence-electron chi connectivity index (χ0n) is 5.20. The van der Waals surface area contributed by atoms with Gasteiger partial charge in [-0.2, -0.15) is 0 Å². The number of rotatable bonds is 0. The Kier molecular flexibility index (Phi) is 1.19. The SMILES string of the molecule is O=c1oc(=O)c2soccc1=2. The summed E-state index contributed by atoms with van der Waals surface area (Å²) in [5.74, 6) is 0. The van der Waals surface area contributed by atoms with Crippen LogP contribution in [-0.2, 0) is 0 Å². The third kappa shape index (κ3) is 0.813. The lowest BCUT2D eigenvalue weighted by molar-refractivity contribution is 0.489. The minimum atomic E-state index is -0.626. The van der Waals surface area contributed by atoms with Crippen molar-refractivity contribution in [2.45, 2.75) is 0 Å². The average molecular weight is 170 g/mol. The number of hydrogen-bond acceptors (Lipinski definition) is 5. The van der Waals surface area contributed by atoms with Crippen LogP contribution in [0, 0.1) is 9.75 Å². The molecule has 0 aromatic heterocycles. The molecule has 4 nitrogen and oxygen atoms in total. The molecule has 0 aromatic carbocycles. The molecule has 0 unspecified atom stereocenters. The highest BCUT2D eigenvalue weighted by molar-refractivity contribution is 7.00. The van der Waals surface area contributed by atoms with E-state index in [1.54, 1.807) is 0 Å². The van der Waals surface area contributed by atoms with Crippen LogP contribution < -0.4 is 11.3 Å². The van der Waals surface area contributed by atoms with Crippen molar-refractivity contribution in [1.82, 2.24) is 0 Å². The monoisotopic (exact) mass is 170 g/mol. The van der Waals surface area contributed by atoms with E-state index in [2.05, 4.69) is 4.42 Å². The first-order chi connectivity index (χ1) is 5.29. The van der Waals surface area contributed by atoms with Crippen molar-refractivity contribution in [2.24, 2.45) is 0 Å². The van der Waals surface area contributed by atoms with Gasteiger partial charge in [0.05, 0.1) is 16.9 Å². The van der Waals surface area contributed by atoms with E-state index in [1.165, 1.54) is 12.3 Å². The molecular weight excluding hydrogens is 168 g/mol. The predicted molar refractivity (Wildman–Crippen MR) is 36.7 cm³/mol. The molecular formula is C6H2O4S. The average Bonchev–Trinajstić information content (AvgIpc) is 2.30. The van der Waals surface area contributed by atoms with Crippen molar-refractivity contribution >= 4 is 11.6 Å². The van der Waals surface area contributed by atoms with Crippen LogP contribution in [0.1, 0.15) is 0 Å².